The van der Waals surface area contributed by atoms with Gasteiger partial charge in [-0.1, -0.05) is 24.8 Å². The first-order chi connectivity index (χ1) is 15.9. The molecule has 3 rings (SSSR count). The molecule has 0 spiro atoms. The second-order valence-electron chi connectivity index (χ2n) is 7.11. The predicted octanol–water partition coefficient (Wildman–Crippen LogP) is 4.17. The number of benzene rings is 2. The van der Waals surface area contributed by atoms with Gasteiger partial charge in [-0.2, -0.15) is 0 Å². The fourth-order valence-corrected chi connectivity index (χ4v) is 2.98. The minimum atomic E-state index is -1.03. The summed E-state index contributed by atoms with van der Waals surface area (Å²) < 4.78 is 5.45. The average molecular weight is 444 g/mol. The minimum absolute atomic E-state index is 0.148. The fraction of sp³-hybridized carbons (Fsp3) is 0.0800. The zero-order valence-electron chi connectivity index (χ0n) is 18.0. The third-order valence-corrected chi connectivity index (χ3v) is 4.61. The number of carboxylic acids is 1. The zero-order valence-corrected chi connectivity index (χ0v) is 18.0. The Balaban J connectivity index is 1.62. The van der Waals surface area contributed by atoms with Crippen LogP contribution in [0.4, 0.5) is 5.69 Å². The summed E-state index contributed by atoms with van der Waals surface area (Å²) in [6, 6.07) is 16.9. The van der Waals surface area contributed by atoms with Crippen molar-refractivity contribution in [3.8, 4) is 0 Å². The van der Waals surface area contributed by atoms with Crippen LogP contribution in [0, 0.1) is 6.92 Å². The van der Waals surface area contributed by atoms with Crippen LogP contribution in [0.5, 0.6) is 0 Å². The summed E-state index contributed by atoms with van der Waals surface area (Å²) in [7, 11) is 0. The van der Waals surface area contributed by atoms with E-state index in [-0.39, 0.29) is 11.5 Å². The first-order valence-corrected chi connectivity index (χ1v) is 10.0. The molecule has 2 aromatic carbocycles. The molecule has 0 bridgehead atoms. The number of carboxylic acid groups (broad SMARTS) is 1. The molecule has 0 aliphatic rings. The topological polar surface area (TPSA) is 130 Å². The molecule has 8 heteroatoms. The highest BCUT2D eigenvalue weighted by Gasteiger charge is 2.08. The lowest BCUT2D eigenvalue weighted by atomic mass is 10.0. The lowest BCUT2D eigenvalue weighted by Gasteiger charge is -2.09. The smallest absolute Gasteiger partial charge is 0.335 e. The van der Waals surface area contributed by atoms with Crippen molar-refractivity contribution in [2.24, 2.45) is 10.7 Å². The number of aromatic carboxylic acids is 1. The van der Waals surface area contributed by atoms with E-state index in [1.54, 1.807) is 36.4 Å². The number of furan rings is 1. The largest absolute Gasteiger partial charge is 0.478 e. The molecule has 0 saturated heterocycles. The molecule has 1 heterocycles. The molecule has 1 amide bonds. The van der Waals surface area contributed by atoms with Crippen LogP contribution < -0.4 is 16.4 Å². The molecular weight excluding hydrogens is 420 g/mol. The van der Waals surface area contributed by atoms with E-state index in [1.807, 2.05) is 19.1 Å². The summed E-state index contributed by atoms with van der Waals surface area (Å²) in [6.45, 7) is 6.00. The number of allylic oxidation sites excluding steroid dienone is 1. The Morgan fingerprint density at radius 3 is 2.52 bits per heavy atom. The van der Waals surface area contributed by atoms with E-state index < -0.39 is 5.97 Å². The van der Waals surface area contributed by atoms with Crippen LogP contribution in [0.3, 0.4) is 0 Å². The fourth-order valence-electron chi connectivity index (χ4n) is 2.98. The number of aryl methyl sites for hydroxylation is 1. The lowest BCUT2D eigenvalue weighted by Crippen LogP contribution is -2.22. The van der Waals surface area contributed by atoms with Gasteiger partial charge >= 0.3 is 5.97 Å². The highest BCUT2D eigenvalue weighted by Crippen LogP contribution is 2.16. The van der Waals surface area contributed by atoms with Crippen molar-refractivity contribution in [3.05, 3.63) is 107 Å². The normalized spacial score (nSPS) is 11.4. The highest BCUT2D eigenvalue weighted by atomic mass is 16.4. The maximum absolute atomic E-state index is 12.5. The van der Waals surface area contributed by atoms with E-state index in [0.717, 1.165) is 5.76 Å². The molecule has 0 radical (unpaired) electrons. The summed E-state index contributed by atoms with van der Waals surface area (Å²) in [5, 5.41) is 15.0. The van der Waals surface area contributed by atoms with Crippen molar-refractivity contribution in [2.45, 2.75) is 13.5 Å². The Hall–Kier alpha value is -4.59. The van der Waals surface area contributed by atoms with E-state index >= 15 is 0 Å². The summed E-state index contributed by atoms with van der Waals surface area (Å²) in [6.07, 6.45) is 2.82. The van der Waals surface area contributed by atoms with Crippen LogP contribution in [0.25, 0.3) is 5.57 Å². The van der Waals surface area contributed by atoms with Crippen molar-refractivity contribution in [3.63, 3.8) is 0 Å². The number of nitrogens with two attached hydrogens (primary N) is 1. The van der Waals surface area contributed by atoms with Gasteiger partial charge in [0.2, 0.25) is 0 Å². The van der Waals surface area contributed by atoms with Crippen LogP contribution in [0.15, 0.2) is 88.7 Å². The van der Waals surface area contributed by atoms with E-state index in [0.29, 0.717) is 40.5 Å². The second-order valence-corrected chi connectivity index (χ2v) is 7.11. The molecule has 0 unspecified atom stereocenters. The van der Waals surface area contributed by atoms with Crippen LogP contribution in [0.2, 0.25) is 0 Å². The maximum atomic E-state index is 12.5. The molecule has 3 aromatic rings. The van der Waals surface area contributed by atoms with Crippen molar-refractivity contribution >= 4 is 29.4 Å². The van der Waals surface area contributed by atoms with Gasteiger partial charge < -0.3 is 25.9 Å². The number of hydrogen-bond acceptors (Lipinski definition) is 6. The third kappa shape index (κ3) is 6.44. The van der Waals surface area contributed by atoms with Crippen LogP contribution in [-0.2, 0) is 6.54 Å². The van der Waals surface area contributed by atoms with E-state index in [2.05, 4.69) is 22.2 Å². The van der Waals surface area contributed by atoms with Crippen molar-refractivity contribution < 1.29 is 19.1 Å². The Labute approximate surface area is 191 Å². The molecule has 0 saturated carbocycles. The molecule has 0 fully saturated rings. The Morgan fingerprint density at radius 2 is 1.82 bits per heavy atom. The van der Waals surface area contributed by atoms with Crippen LogP contribution >= 0.6 is 0 Å². The number of nitrogens with one attached hydrogen (secondary N) is 2. The zero-order chi connectivity index (χ0) is 23.8. The van der Waals surface area contributed by atoms with Crippen molar-refractivity contribution in [2.75, 3.05) is 5.32 Å². The molecule has 0 atom stereocenters. The van der Waals surface area contributed by atoms with Gasteiger partial charge in [0.05, 0.1) is 12.1 Å². The standard InChI is InChI=1S/C25H24N4O4/c1-16-9-10-23(33-16)15-28-24(30)19-6-4-8-22(12-19)29-17(2)27-14-21(13-26)18-5-3-7-20(11-18)25(31)32/h3-14,29H,2,15,26H2,1H3,(H,28,30)(H,31,32)/b21-13+,27-14-. The number of carbonyl (C=O) groups is 2. The van der Waals surface area contributed by atoms with Crippen molar-refractivity contribution in [1.82, 2.24) is 5.32 Å². The number of rotatable bonds is 9. The molecular formula is C25H24N4O4. The molecule has 0 aliphatic heterocycles. The quantitative estimate of drug-likeness (QED) is 0.367. The molecule has 0 aliphatic carbocycles. The summed E-state index contributed by atoms with van der Waals surface area (Å²) in [5.74, 6) is 0.502. The number of anilines is 1. The van der Waals surface area contributed by atoms with Gasteiger partial charge in [0.1, 0.15) is 17.3 Å². The summed E-state index contributed by atoms with van der Waals surface area (Å²) >= 11 is 0. The monoisotopic (exact) mass is 444 g/mol. The average Bonchev–Trinajstić information content (AvgIpc) is 3.23. The van der Waals surface area contributed by atoms with Gasteiger partial charge in [0.25, 0.3) is 5.91 Å². The van der Waals surface area contributed by atoms with Crippen LogP contribution in [0.1, 0.15) is 37.8 Å². The number of amides is 1. The van der Waals surface area contributed by atoms with Gasteiger partial charge in [-0.05, 0) is 55.0 Å². The number of nitrogens with zero attached hydrogens (tertiary/aromatic N) is 1. The van der Waals surface area contributed by atoms with Gasteiger partial charge in [-0.25, -0.2) is 9.79 Å². The first-order valence-electron chi connectivity index (χ1n) is 10.0. The number of aliphatic imine (C=N–C) groups is 1. The van der Waals surface area contributed by atoms with Gasteiger partial charge in [-0.3, -0.25) is 4.79 Å². The van der Waals surface area contributed by atoms with E-state index in [9.17, 15) is 9.59 Å². The molecule has 168 valence electrons. The van der Waals surface area contributed by atoms with E-state index in [4.69, 9.17) is 15.3 Å². The SMILES string of the molecule is C=C(/N=C\C(=C/N)c1cccc(C(=O)O)c1)Nc1cccc(C(=O)NCc2ccc(C)o2)c1. The second kappa shape index (κ2) is 10.6. The molecule has 8 nitrogen and oxygen atoms in total. The van der Waals surface area contributed by atoms with E-state index in [1.165, 1.54) is 24.5 Å². The number of hydrogen-bond donors (Lipinski definition) is 4. The van der Waals surface area contributed by atoms with Gasteiger partial charge in [0.15, 0.2) is 0 Å². The summed E-state index contributed by atoms with van der Waals surface area (Å²) in [5.41, 5.74) is 8.08. The van der Waals surface area contributed by atoms with Gasteiger partial charge in [-0.15, -0.1) is 0 Å². The number of carbonyl (C=O) groups excluding carboxylic acids is 1. The van der Waals surface area contributed by atoms with Crippen molar-refractivity contribution in [1.29, 1.82) is 0 Å². The van der Waals surface area contributed by atoms with Gasteiger partial charge in [0, 0.05) is 29.2 Å². The molecule has 33 heavy (non-hydrogen) atoms. The molecule has 1 aromatic heterocycles. The highest BCUT2D eigenvalue weighted by molar-refractivity contribution is 6.10. The van der Waals surface area contributed by atoms with Crippen LogP contribution in [-0.4, -0.2) is 23.2 Å². The maximum Gasteiger partial charge on any atom is 0.335 e. The lowest BCUT2D eigenvalue weighted by molar-refractivity contribution is 0.0696. The Morgan fingerprint density at radius 1 is 1.09 bits per heavy atom. The Kier molecular flexibility index (Phi) is 7.43. The first kappa shape index (κ1) is 23.1. The predicted molar refractivity (Wildman–Crippen MR) is 128 cm³/mol. The summed E-state index contributed by atoms with van der Waals surface area (Å²) in [4.78, 5) is 27.9. The minimum Gasteiger partial charge on any atom is -0.478 e. The molecule has 5 N–H and O–H groups in total. The Bertz CT molecular complexity index is 1240. The third-order valence-electron chi connectivity index (χ3n) is 4.61.